The zero-order valence-electron chi connectivity index (χ0n) is 9.62. The standard InChI is InChI=1S/C12H11N3O3/c1-7-10(6-14-12(13)15-7)18-9-4-2-8(3-5-9)11(16)17/h2-6H,1H3,(H,16,17)(H2,13,14,15). The molecular formula is C12H11N3O3. The Bertz CT molecular complexity index is 582. The van der Waals surface area contributed by atoms with Crippen LogP contribution < -0.4 is 10.5 Å². The average molecular weight is 245 g/mol. The van der Waals surface area contributed by atoms with Crippen LogP contribution in [0.2, 0.25) is 0 Å². The molecule has 0 fully saturated rings. The van der Waals surface area contributed by atoms with Crippen molar-refractivity contribution in [2.45, 2.75) is 6.92 Å². The molecule has 1 aromatic heterocycles. The molecule has 0 saturated carbocycles. The van der Waals surface area contributed by atoms with E-state index in [0.29, 0.717) is 17.2 Å². The minimum absolute atomic E-state index is 0.182. The van der Waals surface area contributed by atoms with Crippen molar-refractivity contribution >= 4 is 11.9 Å². The van der Waals surface area contributed by atoms with Crippen molar-refractivity contribution in [2.75, 3.05) is 5.73 Å². The summed E-state index contributed by atoms with van der Waals surface area (Å²) in [6.45, 7) is 1.75. The number of aromatic carboxylic acids is 1. The number of ether oxygens (including phenoxy) is 1. The second-order valence-corrected chi connectivity index (χ2v) is 3.61. The lowest BCUT2D eigenvalue weighted by atomic mass is 10.2. The minimum Gasteiger partial charge on any atom is -0.478 e. The van der Waals surface area contributed by atoms with Crippen LogP contribution in [-0.2, 0) is 0 Å². The molecule has 6 nitrogen and oxygen atoms in total. The summed E-state index contributed by atoms with van der Waals surface area (Å²) in [7, 11) is 0. The summed E-state index contributed by atoms with van der Waals surface area (Å²) in [6, 6.07) is 6.06. The highest BCUT2D eigenvalue weighted by Crippen LogP contribution is 2.23. The van der Waals surface area contributed by atoms with Gasteiger partial charge in [0.1, 0.15) is 5.75 Å². The Balaban J connectivity index is 2.21. The van der Waals surface area contributed by atoms with Crippen LogP contribution in [0.25, 0.3) is 0 Å². The molecule has 0 spiro atoms. The number of nitrogens with two attached hydrogens (primary N) is 1. The molecule has 0 atom stereocenters. The number of aryl methyl sites for hydroxylation is 1. The summed E-state index contributed by atoms with van der Waals surface area (Å²) < 4.78 is 5.53. The van der Waals surface area contributed by atoms with E-state index in [2.05, 4.69) is 9.97 Å². The zero-order valence-corrected chi connectivity index (χ0v) is 9.62. The number of aromatic nitrogens is 2. The van der Waals surface area contributed by atoms with Crippen LogP contribution in [0, 0.1) is 6.92 Å². The van der Waals surface area contributed by atoms with Crippen molar-refractivity contribution in [2.24, 2.45) is 0 Å². The number of carboxylic acid groups (broad SMARTS) is 1. The molecule has 0 aliphatic heterocycles. The summed E-state index contributed by atoms with van der Waals surface area (Å²) in [4.78, 5) is 18.5. The van der Waals surface area contributed by atoms with Crippen LogP contribution in [0.15, 0.2) is 30.5 Å². The number of nitrogen functional groups attached to an aromatic ring is 1. The number of hydrogen-bond acceptors (Lipinski definition) is 5. The molecule has 0 aliphatic rings. The van der Waals surface area contributed by atoms with E-state index in [-0.39, 0.29) is 11.5 Å². The molecule has 0 aliphatic carbocycles. The molecule has 6 heteroatoms. The third-order valence-electron chi connectivity index (χ3n) is 2.28. The van der Waals surface area contributed by atoms with E-state index in [9.17, 15) is 4.79 Å². The molecule has 18 heavy (non-hydrogen) atoms. The van der Waals surface area contributed by atoms with E-state index in [1.54, 1.807) is 19.1 Å². The summed E-state index contributed by atoms with van der Waals surface area (Å²) in [5, 5.41) is 8.77. The first-order valence-corrected chi connectivity index (χ1v) is 5.16. The van der Waals surface area contributed by atoms with Crippen LogP contribution in [0.5, 0.6) is 11.5 Å². The molecular weight excluding hydrogens is 234 g/mol. The number of hydrogen-bond donors (Lipinski definition) is 2. The van der Waals surface area contributed by atoms with Crippen molar-refractivity contribution < 1.29 is 14.6 Å². The van der Waals surface area contributed by atoms with Crippen molar-refractivity contribution in [1.82, 2.24) is 9.97 Å². The van der Waals surface area contributed by atoms with Gasteiger partial charge in [0.25, 0.3) is 0 Å². The van der Waals surface area contributed by atoms with Gasteiger partial charge in [-0.05, 0) is 31.2 Å². The van der Waals surface area contributed by atoms with Crippen LogP contribution >= 0.6 is 0 Å². The SMILES string of the molecule is Cc1nc(N)ncc1Oc1ccc(C(=O)O)cc1. The van der Waals surface area contributed by atoms with Gasteiger partial charge in [-0.2, -0.15) is 0 Å². The van der Waals surface area contributed by atoms with Crippen LogP contribution in [-0.4, -0.2) is 21.0 Å². The third-order valence-corrected chi connectivity index (χ3v) is 2.28. The van der Waals surface area contributed by atoms with Crippen LogP contribution in [0.1, 0.15) is 16.1 Å². The van der Waals surface area contributed by atoms with Crippen molar-refractivity contribution in [3.63, 3.8) is 0 Å². The van der Waals surface area contributed by atoms with E-state index < -0.39 is 5.97 Å². The highest BCUT2D eigenvalue weighted by atomic mass is 16.5. The second-order valence-electron chi connectivity index (χ2n) is 3.61. The Morgan fingerprint density at radius 1 is 1.33 bits per heavy atom. The summed E-state index contributed by atoms with van der Waals surface area (Å²) >= 11 is 0. The third kappa shape index (κ3) is 2.54. The predicted octanol–water partition coefficient (Wildman–Crippen LogP) is 1.86. The molecule has 92 valence electrons. The van der Waals surface area contributed by atoms with Gasteiger partial charge in [-0.1, -0.05) is 0 Å². The van der Waals surface area contributed by atoms with E-state index >= 15 is 0 Å². The Hall–Kier alpha value is -2.63. The van der Waals surface area contributed by atoms with E-state index in [0.717, 1.165) is 0 Å². The molecule has 0 saturated heterocycles. The largest absolute Gasteiger partial charge is 0.478 e. The zero-order chi connectivity index (χ0) is 13.1. The van der Waals surface area contributed by atoms with Gasteiger partial charge in [0, 0.05) is 0 Å². The number of benzene rings is 1. The number of anilines is 1. The van der Waals surface area contributed by atoms with Gasteiger partial charge in [-0.25, -0.2) is 14.8 Å². The van der Waals surface area contributed by atoms with Crippen molar-refractivity contribution in [3.05, 3.63) is 41.7 Å². The lowest BCUT2D eigenvalue weighted by Crippen LogP contribution is -1.99. The Morgan fingerprint density at radius 2 is 2.00 bits per heavy atom. The molecule has 2 rings (SSSR count). The van der Waals surface area contributed by atoms with Gasteiger partial charge in [0.2, 0.25) is 5.95 Å². The molecule has 1 aromatic carbocycles. The van der Waals surface area contributed by atoms with Crippen molar-refractivity contribution in [3.8, 4) is 11.5 Å². The fraction of sp³-hybridized carbons (Fsp3) is 0.0833. The van der Waals surface area contributed by atoms with Gasteiger partial charge in [-0.15, -0.1) is 0 Å². The Morgan fingerprint density at radius 3 is 2.56 bits per heavy atom. The van der Waals surface area contributed by atoms with E-state index in [1.165, 1.54) is 18.3 Å². The normalized spacial score (nSPS) is 10.1. The topological polar surface area (TPSA) is 98.3 Å². The van der Waals surface area contributed by atoms with Gasteiger partial charge in [-0.3, -0.25) is 0 Å². The first-order valence-electron chi connectivity index (χ1n) is 5.16. The number of rotatable bonds is 3. The lowest BCUT2D eigenvalue weighted by molar-refractivity contribution is 0.0697. The minimum atomic E-state index is -0.978. The maximum absolute atomic E-state index is 10.7. The highest BCUT2D eigenvalue weighted by molar-refractivity contribution is 5.87. The second kappa shape index (κ2) is 4.70. The Kier molecular flexibility index (Phi) is 3.09. The van der Waals surface area contributed by atoms with Gasteiger partial charge in [0.15, 0.2) is 5.75 Å². The molecule has 1 heterocycles. The average Bonchev–Trinajstić information content (AvgIpc) is 2.33. The molecule has 0 amide bonds. The van der Waals surface area contributed by atoms with Crippen LogP contribution in [0.4, 0.5) is 5.95 Å². The summed E-state index contributed by atoms with van der Waals surface area (Å²) in [5.41, 5.74) is 6.25. The molecule has 3 N–H and O–H groups in total. The van der Waals surface area contributed by atoms with Gasteiger partial charge in [0.05, 0.1) is 17.5 Å². The highest BCUT2D eigenvalue weighted by Gasteiger charge is 2.06. The smallest absolute Gasteiger partial charge is 0.335 e. The number of nitrogens with zero attached hydrogens (tertiary/aromatic N) is 2. The molecule has 0 bridgehead atoms. The maximum Gasteiger partial charge on any atom is 0.335 e. The fourth-order valence-electron chi connectivity index (χ4n) is 1.37. The van der Waals surface area contributed by atoms with Gasteiger partial charge < -0.3 is 15.6 Å². The molecule has 0 radical (unpaired) electrons. The van der Waals surface area contributed by atoms with Crippen LogP contribution in [0.3, 0.4) is 0 Å². The summed E-state index contributed by atoms with van der Waals surface area (Å²) in [5.74, 6) is 0.193. The Labute approximate surface area is 103 Å². The molecule has 0 unspecified atom stereocenters. The maximum atomic E-state index is 10.7. The number of carboxylic acids is 1. The molecule has 2 aromatic rings. The monoisotopic (exact) mass is 245 g/mol. The number of carbonyl (C=O) groups is 1. The first kappa shape index (κ1) is 11.8. The first-order chi connectivity index (χ1) is 8.56. The van der Waals surface area contributed by atoms with Gasteiger partial charge >= 0.3 is 5.97 Å². The lowest BCUT2D eigenvalue weighted by Gasteiger charge is -2.07. The van der Waals surface area contributed by atoms with Crippen molar-refractivity contribution in [1.29, 1.82) is 0 Å². The fourth-order valence-corrected chi connectivity index (χ4v) is 1.37. The summed E-state index contributed by atoms with van der Waals surface area (Å²) in [6.07, 6.45) is 1.47. The predicted molar refractivity (Wildman–Crippen MR) is 64.7 cm³/mol. The quantitative estimate of drug-likeness (QED) is 0.856. The van der Waals surface area contributed by atoms with E-state index in [4.69, 9.17) is 15.6 Å². The van der Waals surface area contributed by atoms with E-state index in [1.807, 2.05) is 0 Å².